The number of sulfonamides is 1. The first kappa shape index (κ1) is 21.0. The largest absolute Gasteiger partial charge is 0.351 e. The SMILES string of the molecule is O=C(C[NH+]1CCN(S(=O)(=O)c2ccccc2F)CC1)NCCC1=CCCCC1. The summed E-state index contributed by atoms with van der Waals surface area (Å²) >= 11 is 0. The number of quaternary nitrogens is 1. The summed E-state index contributed by atoms with van der Waals surface area (Å²) < 4.78 is 40.4. The van der Waals surface area contributed by atoms with Gasteiger partial charge in [-0.05, 0) is 44.2 Å². The van der Waals surface area contributed by atoms with Crippen molar-refractivity contribution in [3.63, 3.8) is 0 Å². The van der Waals surface area contributed by atoms with Gasteiger partial charge in [0.2, 0.25) is 10.0 Å². The van der Waals surface area contributed by atoms with Gasteiger partial charge < -0.3 is 10.2 Å². The third-order valence-electron chi connectivity index (χ3n) is 5.45. The van der Waals surface area contributed by atoms with Crippen LogP contribution in [-0.2, 0) is 14.8 Å². The fraction of sp³-hybridized carbons (Fsp3) is 0.550. The summed E-state index contributed by atoms with van der Waals surface area (Å²) in [6, 6.07) is 5.44. The molecule has 1 aliphatic heterocycles. The van der Waals surface area contributed by atoms with Crippen LogP contribution in [0.4, 0.5) is 4.39 Å². The van der Waals surface area contributed by atoms with E-state index < -0.39 is 15.8 Å². The highest BCUT2D eigenvalue weighted by atomic mass is 32.2. The maximum absolute atomic E-state index is 13.9. The maximum atomic E-state index is 13.9. The predicted molar refractivity (Wildman–Crippen MR) is 105 cm³/mol. The van der Waals surface area contributed by atoms with Crippen molar-refractivity contribution in [3.05, 3.63) is 41.7 Å². The molecule has 0 aromatic heterocycles. The van der Waals surface area contributed by atoms with Crippen LogP contribution in [0.2, 0.25) is 0 Å². The van der Waals surface area contributed by atoms with Gasteiger partial charge in [0, 0.05) is 6.54 Å². The molecule has 0 saturated carbocycles. The predicted octanol–water partition coefficient (Wildman–Crippen LogP) is 0.722. The molecule has 1 saturated heterocycles. The Labute approximate surface area is 166 Å². The molecule has 1 aromatic rings. The van der Waals surface area contributed by atoms with E-state index in [1.54, 1.807) is 0 Å². The topological polar surface area (TPSA) is 70.9 Å². The number of nitrogens with one attached hydrogen (secondary N) is 2. The molecular formula is C20H29FN3O3S+. The standard InChI is InChI=1S/C20H28FN3O3S/c21-18-8-4-5-9-19(18)28(26,27)24-14-12-23(13-15-24)16-20(25)22-11-10-17-6-2-1-3-7-17/h4-6,8-9H,1-3,7,10-16H2,(H,22,25)/p+1. The van der Waals surface area contributed by atoms with Gasteiger partial charge in [0.05, 0.1) is 26.2 Å². The highest BCUT2D eigenvalue weighted by molar-refractivity contribution is 7.89. The molecule has 0 atom stereocenters. The molecule has 0 spiro atoms. The molecule has 2 N–H and O–H groups in total. The highest BCUT2D eigenvalue weighted by Crippen LogP contribution is 2.20. The number of hydrogen-bond acceptors (Lipinski definition) is 3. The van der Waals surface area contributed by atoms with Crippen LogP contribution in [0.25, 0.3) is 0 Å². The molecule has 28 heavy (non-hydrogen) atoms. The maximum Gasteiger partial charge on any atom is 0.275 e. The first-order valence-electron chi connectivity index (χ1n) is 9.99. The van der Waals surface area contributed by atoms with Crippen LogP contribution in [0.1, 0.15) is 32.1 Å². The molecule has 0 radical (unpaired) electrons. The van der Waals surface area contributed by atoms with Crippen molar-refractivity contribution >= 4 is 15.9 Å². The summed E-state index contributed by atoms with van der Waals surface area (Å²) in [5.74, 6) is -0.735. The molecule has 0 unspecified atom stereocenters. The third kappa shape index (κ3) is 5.40. The zero-order valence-corrected chi connectivity index (χ0v) is 16.9. The minimum Gasteiger partial charge on any atom is -0.351 e. The second-order valence-corrected chi connectivity index (χ2v) is 9.38. The van der Waals surface area contributed by atoms with E-state index in [1.165, 1.54) is 40.9 Å². The monoisotopic (exact) mass is 410 g/mol. The van der Waals surface area contributed by atoms with Crippen LogP contribution in [0.15, 0.2) is 40.8 Å². The first-order chi connectivity index (χ1) is 13.5. The molecule has 6 nitrogen and oxygen atoms in total. The number of amides is 1. The Kier molecular flexibility index (Phi) is 7.20. The van der Waals surface area contributed by atoms with Crippen molar-refractivity contribution in [2.75, 3.05) is 39.3 Å². The molecule has 0 bridgehead atoms. The van der Waals surface area contributed by atoms with Gasteiger partial charge >= 0.3 is 0 Å². The Bertz CT molecular complexity index is 818. The average molecular weight is 411 g/mol. The van der Waals surface area contributed by atoms with E-state index in [0.29, 0.717) is 26.2 Å². The minimum absolute atomic E-state index is 0.00294. The molecule has 2 aliphatic rings. The lowest BCUT2D eigenvalue weighted by Crippen LogP contribution is -3.15. The van der Waals surface area contributed by atoms with Crippen molar-refractivity contribution in [2.24, 2.45) is 0 Å². The number of piperazine rings is 1. The van der Waals surface area contributed by atoms with Gasteiger partial charge in [-0.3, -0.25) is 4.79 Å². The van der Waals surface area contributed by atoms with E-state index in [-0.39, 0.29) is 23.9 Å². The summed E-state index contributed by atoms with van der Waals surface area (Å²) in [4.78, 5) is 12.9. The lowest BCUT2D eigenvalue weighted by Gasteiger charge is -2.31. The normalized spacial score (nSPS) is 19.2. The van der Waals surface area contributed by atoms with Gasteiger partial charge in [0.15, 0.2) is 6.54 Å². The van der Waals surface area contributed by atoms with E-state index in [2.05, 4.69) is 11.4 Å². The number of rotatable bonds is 7. The van der Waals surface area contributed by atoms with E-state index >= 15 is 0 Å². The van der Waals surface area contributed by atoms with E-state index in [9.17, 15) is 17.6 Å². The Morgan fingerprint density at radius 2 is 1.93 bits per heavy atom. The number of carbonyl (C=O) groups is 1. The van der Waals surface area contributed by atoms with E-state index in [1.807, 2.05) is 0 Å². The molecule has 1 aromatic carbocycles. The molecular weight excluding hydrogens is 381 g/mol. The van der Waals surface area contributed by atoms with Gasteiger partial charge in [-0.25, -0.2) is 12.8 Å². The molecule has 1 aliphatic carbocycles. The minimum atomic E-state index is -3.83. The second-order valence-electron chi connectivity index (χ2n) is 7.47. The van der Waals surface area contributed by atoms with E-state index in [4.69, 9.17) is 0 Å². The van der Waals surface area contributed by atoms with Gasteiger partial charge in [-0.1, -0.05) is 23.8 Å². The molecule has 3 rings (SSSR count). The number of halogens is 1. The Balaban J connectivity index is 1.43. The Morgan fingerprint density at radius 3 is 2.61 bits per heavy atom. The summed E-state index contributed by atoms with van der Waals surface area (Å²) in [6.07, 6.45) is 7.99. The molecule has 1 amide bonds. The number of allylic oxidation sites excluding steroid dienone is 1. The molecule has 154 valence electrons. The number of carbonyl (C=O) groups excluding carboxylic acids is 1. The smallest absolute Gasteiger partial charge is 0.275 e. The Hall–Kier alpha value is -1.77. The third-order valence-corrected chi connectivity index (χ3v) is 7.38. The van der Waals surface area contributed by atoms with Crippen LogP contribution in [0.3, 0.4) is 0 Å². The fourth-order valence-electron chi connectivity index (χ4n) is 3.80. The quantitative estimate of drug-likeness (QED) is 0.651. The van der Waals surface area contributed by atoms with Crippen LogP contribution in [0.5, 0.6) is 0 Å². The average Bonchev–Trinajstić information content (AvgIpc) is 2.69. The van der Waals surface area contributed by atoms with Gasteiger partial charge in [-0.15, -0.1) is 0 Å². The van der Waals surface area contributed by atoms with Crippen molar-refractivity contribution < 1.29 is 22.5 Å². The summed E-state index contributed by atoms with van der Waals surface area (Å²) in [6.45, 7) is 2.63. The van der Waals surface area contributed by atoms with Crippen molar-refractivity contribution in [3.8, 4) is 0 Å². The van der Waals surface area contributed by atoms with Crippen LogP contribution >= 0.6 is 0 Å². The van der Waals surface area contributed by atoms with Crippen molar-refractivity contribution in [1.82, 2.24) is 9.62 Å². The van der Waals surface area contributed by atoms with E-state index in [0.717, 1.165) is 30.2 Å². The summed E-state index contributed by atoms with van der Waals surface area (Å²) in [5, 5.41) is 2.97. The number of hydrogen-bond donors (Lipinski definition) is 2. The Morgan fingerprint density at radius 1 is 1.18 bits per heavy atom. The van der Waals surface area contributed by atoms with Crippen LogP contribution < -0.4 is 10.2 Å². The summed E-state index contributed by atoms with van der Waals surface area (Å²) in [5.41, 5.74) is 1.44. The summed E-state index contributed by atoms with van der Waals surface area (Å²) in [7, 11) is -3.83. The molecule has 8 heteroatoms. The number of nitrogens with zero attached hydrogens (tertiary/aromatic N) is 1. The zero-order chi connectivity index (χ0) is 20.0. The van der Waals surface area contributed by atoms with Crippen molar-refractivity contribution in [2.45, 2.75) is 37.0 Å². The molecule has 1 heterocycles. The molecule has 1 fully saturated rings. The van der Waals surface area contributed by atoms with Crippen LogP contribution in [0, 0.1) is 5.82 Å². The van der Waals surface area contributed by atoms with Gasteiger partial charge in [0.1, 0.15) is 10.7 Å². The second kappa shape index (κ2) is 9.62. The van der Waals surface area contributed by atoms with Crippen LogP contribution in [-0.4, -0.2) is 57.9 Å². The first-order valence-corrected chi connectivity index (χ1v) is 11.4. The van der Waals surface area contributed by atoms with Gasteiger partial charge in [-0.2, -0.15) is 4.31 Å². The number of benzene rings is 1. The lowest BCUT2D eigenvalue weighted by atomic mass is 9.97. The zero-order valence-electron chi connectivity index (χ0n) is 16.1. The van der Waals surface area contributed by atoms with Crippen molar-refractivity contribution in [1.29, 1.82) is 0 Å². The van der Waals surface area contributed by atoms with Gasteiger partial charge in [0.25, 0.3) is 5.91 Å². The lowest BCUT2D eigenvalue weighted by molar-refractivity contribution is -0.895. The highest BCUT2D eigenvalue weighted by Gasteiger charge is 2.32. The fourth-order valence-corrected chi connectivity index (χ4v) is 5.30.